The highest BCUT2D eigenvalue weighted by Crippen LogP contribution is 2.24. The van der Waals surface area contributed by atoms with Gasteiger partial charge in [0.25, 0.3) is 0 Å². The maximum atomic E-state index is 5.85. The van der Waals surface area contributed by atoms with E-state index in [0.717, 1.165) is 11.3 Å². The molecule has 90 valence electrons. The normalized spacial score (nSPS) is 9.12. The lowest BCUT2D eigenvalue weighted by molar-refractivity contribution is 0.336. The van der Waals surface area contributed by atoms with E-state index in [2.05, 4.69) is 4.99 Å². The number of ether oxygens (including phenoxy) is 1. The fourth-order valence-corrected chi connectivity index (χ4v) is 1.29. The number of nitrogens with zero attached hydrogens (tertiary/aromatic N) is 1. The van der Waals surface area contributed by atoms with Crippen molar-refractivity contribution >= 4 is 41.5 Å². The number of guanidine groups is 1. The van der Waals surface area contributed by atoms with Crippen molar-refractivity contribution in [1.82, 2.24) is 0 Å². The smallest absolute Gasteiger partial charge is 0.186 e. The molecule has 1 aromatic carbocycles. The Morgan fingerprint density at radius 1 is 1.44 bits per heavy atom. The van der Waals surface area contributed by atoms with Gasteiger partial charge < -0.3 is 16.2 Å². The van der Waals surface area contributed by atoms with Crippen LogP contribution in [0.4, 0.5) is 0 Å². The van der Waals surface area contributed by atoms with E-state index >= 15 is 0 Å². The Morgan fingerprint density at radius 3 is 2.69 bits per heavy atom. The molecule has 0 unspecified atom stereocenters. The standard InChI is InChI=1S/C10H14ClN3O.HI/c1-2-15-9-5-8(11)4-3-7(9)6-14-10(12)13;/h3-5H,2,6H2,1H3,(H4,12,13,14);1H. The lowest BCUT2D eigenvalue weighted by Crippen LogP contribution is -2.22. The zero-order valence-corrected chi connectivity index (χ0v) is 12.0. The topological polar surface area (TPSA) is 73.6 Å². The third kappa shape index (κ3) is 4.89. The molecule has 0 radical (unpaired) electrons. The number of rotatable bonds is 4. The van der Waals surface area contributed by atoms with Gasteiger partial charge in [-0.25, -0.2) is 4.99 Å². The van der Waals surface area contributed by atoms with Crippen molar-refractivity contribution in [3.8, 4) is 5.75 Å². The Morgan fingerprint density at radius 2 is 2.12 bits per heavy atom. The Bertz CT molecular complexity index is 367. The molecule has 1 aromatic rings. The zero-order chi connectivity index (χ0) is 11.3. The Balaban J connectivity index is 0.00000225. The van der Waals surface area contributed by atoms with Crippen LogP contribution in [0.1, 0.15) is 12.5 Å². The van der Waals surface area contributed by atoms with Crippen molar-refractivity contribution < 1.29 is 4.74 Å². The molecule has 16 heavy (non-hydrogen) atoms. The van der Waals surface area contributed by atoms with E-state index in [4.69, 9.17) is 27.8 Å². The molecule has 0 amide bonds. The maximum Gasteiger partial charge on any atom is 0.186 e. The molecule has 0 atom stereocenters. The van der Waals surface area contributed by atoms with Crippen molar-refractivity contribution in [3.63, 3.8) is 0 Å². The highest BCUT2D eigenvalue weighted by Gasteiger charge is 2.03. The number of halogens is 2. The van der Waals surface area contributed by atoms with Crippen molar-refractivity contribution in [2.75, 3.05) is 6.61 Å². The molecular weight excluding hydrogens is 340 g/mol. The monoisotopic (exact) mass is 355 g/mol. The summed E-state index contributed by atoms with van der Waals surface area (Å²) in [5.74, 6) is 0.780. The van der Waals surface area contributed by atoms with Gasteiger partial charge in [0.2, 0.25) is 0 Å². The first-order valence-corrected chi connectivity index (χ1v) is 4.98. The van der Waals surface area contributed by atoms with Crippen LogP contribution in [0, 0.1) is 0 Å². The Labute approximate surface area is 117 Å². The molecule has 0 fully saturated rings. The van der Waals surface area contributed by atoms with Crippen LogP contribution in [0.25, 0.3) is 0 Å². The maximum absolute atomic E-state index is 5.85. The molecule has 0 aromatic heterocycles. The van der Waals surface area contributed by atoms with Crippen LogP contribution in [-0.2, 0) is 6.54 Å². The minimum absolute atomic E-state index is 0. The summed E-state index contributed by atoms with van der Waals surface area (Å²) in [4.78, 5) is 3.92. The molecule has 0 aliphatic rings. The summed E-state index contributed by atoms with van der Waals surface area (Å²) in [5.41, 5.74) is 11.4. The Hall–Kier alpha value is -0.690. The molecule has 4 N–H and O–H groups in total. The van der Waals surface area contributed by atoms with Gasteiger partial charge in [0.15, 0.2) is 5.96 Å². The fraction of sp³-hybridized carbons (Fsp3) is 0.300. The van der Waals surface area contributed by atoms with Crippen LogP contribution in [0.15, 0.2) is 23.2 Å². The molecule has 0 aliphatic heterocycles. The van der Waals surface area contributed by atoms with Gasteiger partial charge in [-0.15, -0.1) is 24.0 Å². The summed E-state index contributed by atoms with van der Waals surface area (Å²) in [6.07, 6.45) is 0. The quantitative estimate of drug-likeness (QED) is 0.494. The summed E-state index contributed by atoms with van der Waals surface area (Å²) < 4.78 is 5.41. The second-order valence-electron chi connectivity index (χ2n) is 2.93. The lowest BCUT2D eigenvalue weighted by atomic mass is 10.2. The summed E-state index contributed by atoms with van der Waals surface area (Å²) in [6.45, 7) is 2.88. The minimum Gasteiger partial charge on any atom is -0.493 e. The number of nitrogens with two attached hydrogens (primary N) is 2. The van der Waals surface area contributed by atoms with Crippen molar-refractivity contribution in [3.05, 3.63) is 28.8 Å². The minimum atomic E-state index is 0. The molecule has 1 rings (SSSR count). The van der Waals surface area contributed by atoms with Crippen molar-refractivity contribution in [1.29, 1.82) is 0 Å². The van der Waals surface area contributed by atoms with Crippen LogP contribution in [0.3, 0.4) is 0 Å². The van der Waals surface area contributed by atoms with E-state index in [-0.39, 0.29) is 29.9 Å². The summed E-state index contributed by atoms with van der Waals surface area (Å²) in [7, 11) is 0. The number of benzene rings is 1. The van der Waals surface area contributed by atoms with Crippen molar-refractivity contribution in [2.24, 2.45) is 16.5 Å². The Kier molecular flexibility index (Phi) is 7.24. The molecule has 0 heterocycles. The van der Waals surface area contributed by atoms with Gasteiger partial charge in [-0.05, 0) is 19.1 Å². The van der Waals surface area contributed by atoms with E-state index in [1.807, 2.05) is 13.0 Å². The lowest BCUT2D eigenvalue weighted by Gasteiger charge is -2.08. The van der Waals surface area contributed by atoms with E-state index < -0.39 is 0 Å². The molecule has 0 bridgehead atoms. The molecule has 0 saturated heterocycles. The second-order valence-corrected chi connectivity index (χ2v) is 3.36. The van der Waals surface area contributed by atoms with Crippen LogP contribution < -0.4 is 16.2 Å². The summed E-state index contributed by atoms with van der Waals surface area (Å²) in [5, 5.41) is 0.631. The van der Waals surface area contributed by atoms with Gasteiger partial charge >= 0.3 is 0 Å². The number of hydrogen-bond acceptors (Lipinski definition) is 2. The average molecular weight is 356 g/mol. The highest BCUT2D eigenvalue weighted by molar-refractivity contribution is 14.0. The van der Waals surface area contributed by atoms with Crippen LogP contribution in [0.2, 0.25) is 5.02 Å². The first-order chi connectivity index (χ1) is 7.13. The summed E-state index contributed by atoms with van der Waals surface area (Å²) in [6, 6.07) is 5.38. The molecular formula is C10H15ClIN3O. The third-order valence-corrected chi connectivity index (χ3v) is 2.00. The first-order valence-electron chi connectivity index (χ1n) is 4.60. The molecule has 0 aliphatic carbocycles. The van der Waals surface area contributed by atoms with Crippen molar-refractivity contribution in [2.45, 2.75) is 13.5 Å². The van der Waals surface area contributed by atoms with Crippen LogP contribution in [-0.4, -0.2) is 12.6 Å². The van der Waals surface area contributed by atoms with Gasteiger partial charge in [0.1, 0.15) is 5.75 Å². The SMILES string of the molecule is CCOc1cc(Cl)ccc1CN=C(N)N.I. The van der Waals surface area contributed by atoms with Gasteiger partial charge in [0, 0.05) is 10.6 Å². The predicted molar refractivity (Wildman–Crippen MR) is 77.5 cm³/mol. The predicted octanol–water partition coefficient (Wildman–Crippen LogP) is 2.13. The van der Waals surface area contributed by atoms with Gasteiger partial charge in [-0.1, -0.05) is 17.7 Å². The van der Waals surface area contributed by atoms with Gasteiger partial charge in [-0.2, -0.15) is 0 Å². The van der Waals surface area contributed by atoms with E-state index in [0.29, 0.717) is 18.2 Å². The fourth-order valence-electron chi connectivity index (χ4n) is 1.13. The van der Waals surface area contributed by atoms with Crippen LogP contribution in [0.5, 0.6) is 5.75 Å². The second kappa shape index (κ2) is 7.56. The molecule has 0 saturated carbocycles. The van der Waals surface area contributed by atoms with E-state index in [1.54, 1.807) is 12.1 Å². The number of hydrogen-bond donors (Lipinski definition) is 2. The molecule has 0 spiro atoms. The van der Waals surface area contributed by atoms with E-state index in [9.17, 15) is 0 Å². The largest absolute Gasteiger partial charge is 0.493 e. The molecule has 4 nitrogen and oxygen atoms in total. The third-order valence-electron chi connectivity index (χ3n) is 1.76. The van der Waals surface area contributed by atoms with E-state index in [1.165, 1.54) is 0 Å². The highest BCUT2D eigenvalue weighted by atomic mass is 127. The average Bonchev–Trinajstić information content (AvgIpc) is 2.17. The zero-order valence-electron chi connectivity index (χ0n) is 8.94. The molecule has 6 heteroatoms. The number of aliphatic imine (C=N–C) groups is 1. The van der Waals surface area contributed by atoms with Crippen LogP contribution >= 0.6 is 35.6 Å². The van der Waals surface area contributed by atoms with Gasteiger partial charge in [-0.3, -0.25) is 0 Å². The van der Waals surface area contributed by atoms with Gasteiger partial charge in [0.05, 0.1) is 13.2 Å². The summed E-state index contributed by atoms with van der Waals surface area (Å²) >= 11 is 5.85. The first kappa shape index (κ1) is 15.3.